The molecule has 166 valence electrons. The van der Waals surface area contributed by atoms with Crippen molar-refractivity contribution >= 4 is 17.5 Å². The highest BCUT2D eigenvalue weighted by Crippen LogP contribution is 2.36. The molecule has 0 bridgehead atoms. The molecular weight excluding hydrogens is 421 g/mol. The molecule has 7 nitrogen and oxygen atoms in total. The van der Waals surface area contributed by atoms with Gasteiger partial charge in [-0.2, -0.15) is 5.26 Å². The summed E-state index contributed by atoms with van der Waals surface area (Å²) in [5.41, 5.74) is 3.65. The number of aromatic nitrogens is 2. The molecule has 2 heterocycles. The quantitative estimate of drug-likeness (QED) is 0.628. The summed E-state index contributed by atoms with van der Waals surface area (Å²) in [5, 5.41) is 22.5. The minimum Gasteiger partial charge on any atom is -0.393 e. The number of benzene rings is 2. The Labute approximate surface area is 190 Å². The van der Waals surface area contributed by atoms with E-state index in [1.54, 1.807) is 41.4 Å². The SMILES string of the molecule is N#Cc1cc(-c2ccnc(N[C@H]3C[C@@H](O)C3)n2)cc2c1N(C(=O)Cc1ccccc1F)CC2. The summed E-state index contributed by atoms with van der Waals surface area (Å²) in [6, 6.07) is 14.1. The predicted octanol–water partition coefficient (Wildman–Crippen LogP) is 3.22. The first kappa shape index (κ1) is 21.0. The maximum absolute atomic E-state index is 14.0. The van der Waals surface area contributed by atoms with Gasteiger partial charge in [-0.3, -0.25) is 4.79 Å². The highest BCUT2D eigenvalue weighted by Gasteiger charge is 2.30. The Hall–Kier alpha value is -3.83. The maximum atomic E-state index is 14.0. The number of carbonyl (C=O) groups excluding carboxylic acids is 1. The van der Waals surface area contributed by atoms with Crippen LogP contribution >= 0.6 is 0 Å². The van der Waals surface area contributed by atoms with Gasteiger partial charge in [-0.05, 0) is 54.7 Å². The number of hydrogen-bond acceptors (Lipinski definition) is 6. The van der Waals surface area contributed by atoms with Crippen molar-refractivity contribution in [3.05, 3.63) is 71.2 Å². The number of rotatable bonds is 5. The lowest BCUT2D eigenvalue weighted by Gasteiger charge is -2.31. The predicted molar refractivity (Wildman–Crippen MR) is 121 cm³/mol. The first-order valence-corrected chi connectivity index (χ1v) is 10.9. The van der Waals surface area contributed by atoms with E-state index in [1.807, 2.05) is 6.07 Å². The van der Waals surface area contributed by atoms with Crippen LogP contribution in [0.4, 0.5) is 16.0 Å². The molecule has 2 aromatic carbocycles. The number of amides is 1. The summed E-state index contributed by atoms with van der Waals surface area (Å²) in [4.78, 5) is 23.4. The third-order valence-electron chi connectivity index (χ3n) is 6.18. The van der Waals surface area contributed by atoms with Gasteiger partial charge < -0.3 is 15.3 Å². The highest BCUT2D eigenvalue weighted by molar-refractivity contribution is 5.98. The summed E-state index contributed by atoms with van der Waals surface area (Å²) in [7, 11) is 0. The van der Waals surface area contributed by atoms with Gasteiger partial charge in [0.05, 0.1) is 29.5 Å². The van der Waals surface area contributed by atoms with Crippen LogP contribution in [0, 0.1) is 17.1 Å². The molecule has 1 fully saturated rings. The van der Waals surface area contributed by atoms with E-state index in [0.29, 0.717) is 54.3 Å². The molecule has 3 aromatic rings. The molecule has 2 aliphatic rings. The average Bonchev–Trinajstić information content (AvgIpc) is 3.23. The Morgan fingerprint density at radius 3 is 2.85 bits per heavy atom. The zero-order valence-electron chi connectivity index (χ0n) is 17.8. The van der Waals surface area contributed by atoms with Gasteiger partial charge in [-0.1, -0.05) is 18.2 Å². The molecule has 1 amide bonds. The van der Waals surface area contributed by atoms with Crippen molar-refractivity contribution in [1.82, 2.24) is 9.97 Å². The Bertz CT molecular complexity index is 1270. The molecule has 1 saturated carbocycles. The van der Waals surface area contributed by atoms with Crippen molar-refractivity contribution in [1.29, 1.82) is 5.26 Å². The zero-order valence-corrected chi connectivity index (χ0v) is 17.8. The fourth-order valence-electron chi connectivity index (χ4n) is 4.41. The van der Waals surface area contributed by atoms with Crippen molar-refractivity contribution < 1.29 is 14.3 Å². The first-order valence-electron chi connectivity index (χ1n) is 10.9. The molecule has 5 rings (SSSR count). The summed E-state index contributed by atoms with van der Waals surface area (Å²) < 4.78 is 14.0. The van der Waals surface area contributed by atoms with Crippen molar-refractivity contribution in [2.24, 2.45) is 0 Å². The monoisotopic (exact) mass is 443 g/mol. The molecule has 0 unspecified atom stereocenters. The second-order valence-corrected chi connectivity index (χ2v) is 8.44. The van der Waals surface area contributed by atoms with Crippen LogP contribution < -0.4 is 10.2 Å². The van der Waals surface area contributed by atoms with Crippen LogP contribution in [0.25, 0.3) is 11.3 Å². The van der Waals surface area contributed by atoms with Crippen LogP contribution in [0.1, 0.15) is 29.5 Å². The van der Waals surface area contributed by atoms with Crippen molar-refractivity contribution in [3.63, 3.8) is 0 Å². The molecule has 1 aliphatic carbocycles. The lowest BCUT2D eigenvalue weighted by molar-refractivity contribution is -0.117. The van der Waals surface area contributed by atoms with Gasteiger partial charge in [0.1, 0.15) is 11.9 Å². The number of anilines is 2. The fraction of sp³-hybridized carbons (Fsp3) is 0.280. The number of carbonyl (C=O) groups is 1. The Morgan fingerprint density at radius 1 is 1.27 bits per heavy atom. The van der Waals surface area contributed by atoms with E-state index in [0.717, 1.165) is 11.1 Å². The van der Waals surface area contributed by atoms with E-state index in [-0.39, 0.29) is 24.5 Å². The van der Waals surface area contributed by atoms with Crippen LogP contribution in [-0.4, -0.2) is 39.7 Å². The number of nitrogens with one attached hydrogen (secondary N) is 1. The lowest BCUT2D eigenvalue weighted by Crippen LogP contribution is -2.39. The van der Waals surface area contributed by atoms with Crippen molar-refractivity contribution in [3.8, 4) is 17.3 Å². The molecular formula is C25H22FN5O2. The van der Waals surface area contributed by atoms with Gasteiger partial charge in [0.25, 0.3) is 0 Å². The van der Waals surface area contributed by atoms with E-state index in [2.05, 4.69) is 21.4 Å². The number of nitrogens with zero attached hydrogens (tertiary/aromatic N) is 4. The van der Waals surface area contributed by atoms with Gasteiger partial charge in [0.15, 0.2) is 0 Å². The number of hydrogen-bond donors (Lipinski definition) is 2. The second-order valence-electron chi connectivity index (χ2n) is 8.44. The molecule has 1 aliphatic heterocycles. The van der Waals surface area contributed by atoms with Crippen LogP contribution in [0.15, 0.2) is 48.7 Å². The number of aliphatic hydroxyl groups excluding tert-OH is 1. The van der Waals surface area contributed by atoms with E-state index in [9.17, 15) is 19.6 Å². The fourth-order valence-corrected chi connectivity index (χ4v) is 4.41. The van der Waals surface area contributed by atoms with Gasteiger partial charge in [0, 0.05) is 24.3 Å². The van der Waals surface area contributed by atoms with Crippen LogP contribution in [0.5, 0.6) is 0 Å². The Kier molecular flexibility index (Phi) is 5.48. The molecule has 0 spiro atoms. The molecule has 1 aromatic heterocycles. The largest absolute Gasteiger partial charge is 0.393 e. The Morgan fingerprint density at radius 2 is 2.09 bits per heavy atom. The topological polar surface area (TPSA) is 102 Å². The normalized spacial score (nSPS) is 18.9. The van der Waals surface area contributed by atoms with E-state index in [4.69, 9.17) is 0 Å². The minimum absolute atomic E-state index is 0.0600. The number of halogens is 1. The second kappa shape index (κ2) is 8.60. The average molecular weight is 443 g/mol. The van der Waals surface area contributed by atoms with Crippen molar-refractivity contribution in [2.45, 2.75) is 37.8 Å². The van der Waals surface area contributed by atoms with E-state index < -0.39 is 5.82 Å². The third kappa shape index (κ3) is 4.15. The van der Waals surface area contributed by atoms with Gasteiger partial charge >= 0.3 is 0 Å². The molecule has 0 atom stereocenters. The number of fused-ring (bicyclic) bond motifs is 1. The third-order valence-corrected chi connectivity index (χ3v) is 6.18. The van der Waals surface area contributed by atoms with Crippen LogP contribution in [0.3, 0.4) is 0 Å². The minimum atomic E-state index is -0.411. The zero-order chi connectivity index (χ0) is 22.9. The molecule has 2 N–H and O–H groups in total. The Balaban J connectivity index is 1.41. The first-order chi connectivity index (χ1) is 16.0. The summed E-state index contributed by atoms with van der Waals surface area (Å²) in [6.45, 7) is 0.446. The molecule has 8 heteroatoms. The maximum Gasteiger partial charge on any atom is 0.231 e. The van der Waals surface area contributed by atoms with Crippen LogP contribution in [0.2, 0.25) is 0 Å². The van der Waals surface area contributed by atoms with Crippen molar-refractivity contribution in [2.75, 3.05) is 16.8 Å². The molecule has 0 radical (unpaired) electrons. The van der Waals surface area contributed by atoms with E-state index >= 15 is 0 Å². The van der Waals surface area contributed by atoms with Crippen LogP contribution in [-0.2, 0) is 17.6 Å². The number of nitriles is 1. The van der Waals surface area contributed by atoms with Gasteiger partial charge in [-0.25, -0.2) is 14.4 Å². The van der Waals surface area contributed by atoms with Gasteiger partial charge in [-0.15, -0.1) is 0 Å². The summed E-state index contributed by atoms with van der Waals surface area (Å²) >= 11 is 0. The standard InChI is InChI=1S/C25H22FN5O2/c26-21-4-2-1-3-15(21)11-23(33)31-8-6-16-9-17(10-18(14-27)24(16)31)22-5-7-28-25(30-22)29-19-12-20(32)13-19/h1-5,7,9-10,19-20,32H,6,8,11-13H2,(H,28,29,30)/t19-,20+. The number of aliphatic hydroxyl groups is 1. The molecule has 0 saturated heterocycles. The highest BCUT2D eigenvalue weighted by atomic mass is 19.1. The lowest BCUT2D eigenvalue weighted by atomic mass is 9.90. The summed E-state index contributed by atoms with van der Waals surface area (Å²) in [5.74, 6) is -0.171. The van der Waals surface area contributed by atoms with Gasteiger partial charge in [0.2, 0.25) is 11.9 Å². The van der Waals surface area contributed by atoms with E-state index in [1.165, 1.54) is 6.07 Å². The summed E-state index contributed by atoms with van der Waals surface area (Å²) in [6.07, 6.45) is 3.27. The smallest absolute Gasteiger partial charge is 0.231 e. The molecule has 33 heavy (non-hydrogen) atoms.